The van der Waals surface area contributed by atoms with Gasteiger partial charge in [0.2, 0.25) is 0 Å². The summed E-state index contributed by atoms with van der Waals surface area (Å²) in [5.41, 5.74) is 1.11. The fourth-order valence-corrected chi connectivity index (χ4v) is 3.55. The van der Waals surface area contributed by atoms with Gasteiger partial charge in [-0.3, -0.25) is 4.79 Å². The summed E-state index contributed by atoms with van der Waals surface area (Å²) in [5.74, 6) is 0.192. The summed E-state index contributed by atoms with van der Waals surface area (Å²) in [6, 6.07) is 12.0. The highest BCUT2D eigenvalue weighted by molar-refractivity contribution is 6.10. The van der Waals surface area contributed by atoms with Crippen LogP contribution in [0, 0.1) is 5.92 Å². The third-order valence-corrected chi connectivity index (χ3v) is 5.09. The van der Waals surface area contributed by atoms with Crippen molar-refractivity contribution in [3.8, 4) is 0 Å². The van der Waals surface area contributed by atoms with Gasteiger partial charge < -0.3 is 14.9 Å². The molecule has 0 radical (unpaired) electrons. The number of hydrogen-bond acceptors (Lipinski definition) is 3. The van der Waals surface area contributed by atoms with Crippen molar-refractivity contribution in [1.82, 2.24) is 4.90 Å². The second-order valence-corrected chi connectivity index (χ2v) is 7.46. The Hall–Kier alpha value is -2.07. The van der Waals surface area contributed by atoms with Crippen LogP contribution in [0.1, 0.15) is 30.6 Å². The molecule has 128 valence electrons. The Labute approximate surface area is 143 Å². The molecule has 1 N–H and O–H groups in total. The standard InChI is InChI=1S/C20H26N2O2/c1-20(2,24)14-11-12-22(13-14)19(23)17-9-10-18(21(3)4)16-8-6-5-7-15(16)17/h5-10,14,24H,11-13H2,1-4H3. The van der Waals surface area contributed by atoms with Gasteiger partial charge in [-0.2, -0.15) is 0 Å². The van der Waals surface area contributed by atoms with Gasteiger partial charge in [-0.1, -0.05) is 24.3 Å². The molecule has 1 aliphatic heterocycles. The zero-order valence-electron chi connectivity index (χ0n) is 14.9. The molecule has 4 nitrogen and oxygen atoms in total. The Bertz CT molecular complexity index is 762. The predicted octanol–water partition coefficient (Wildman–Crippen LogP) is 3.14. The first-order valence-electron chi connectivity index (χ1n) is 8.50. The number of carbonyl (C=O) groups is 1. The van der Waals surface area contributed by atoms with E-state index >= 15 is 0 Å². The van der Waals surface area contributed by atoms with Crippen molar-refractivity contribution in [3.05, 3.63) is 42.0 Å². The molecule has 24 heavy (non-hydrogen) atoms. The first-order valence-corrected chi connectivity index (χ1v) is 8.50. The van der Waals surface area contributed by atoms with E-state index in [-0.39, 0.29) is 11.8 Å². The largest absolute Gasteiger partial charge is 0.390 e. The van der Waals surface area contributed by atoms with E-state index in [9.17, 15) is 9.90 Å². The number of anilines is 1. The number of likely N-dealkylation sites (tertiary alicyclic amines) is 1. The number of rotatable bonds is 3. The lowest BCUT2D eigenvalue weighted by atomic mass is 9.90. The molecule has 4 heteroatoms. The quantitative estimate of drug-likeness (QED) is 0.942. The van der Waals surface area contributed by atoms with Gasteiger partial charge in [0.15, 0.2) is 0 Å². The molecule has 0 aliphatic carbocycles. The van der Waals surface area contributed by atoms with Gasteiger partial charge >= 0.3 is 0 Å². The molecule has 1 atom stereocenters. The molecule has 1 unspecified atom stereocenters. The average molecular weight is 326 g/mol. The van der Waals surface area contributed by atoms with Crippen molar-refractivity contribution in [2.75, 3.05) is 32.1 Å². The maximum atomic E-state index is 13.0. The number of amides is 1. The highest BCUT2D eigenvalue weighted by Gasteiger charge is 2.35. The van der Waals surface area contributed by atoms with Crippen LogP contribution in [0.3, 0.4) is 0 Å². The van der Waals surface area contributed by atoms with E-state index in [1.807, 2.05) is 63.2 Å². The highest BCUT2D eigenvalue weighted by atomic mass is 16.3. The van der Waals surface area contributed by atoms with E-state index in [1.54, 1.807) is 0 Å². The fraction of sp³-hybridized carbons (Fsp3) is 0.450. The number of carbonyl (C=O) groups excluding carboxylic acids is 1. The minimum atomic E-state index is -0.744. The Kier molecular flexibility index (Phi) is 4.26. The predicted molar refractivity (Wildman–Crippen MR) is 98.6 cm³/mol. The van der Waals surface area contributed by atoms with Crippen LogP contribution in [0.4, 0.5) is 5.69 Å². The van der Waals surface area contributed by atoms with Gasteiger partial charge in [0.1, 0.15) is 0 Å². The Morgan fingerprint density at radius 1 is 1.17 bits per heavy atom. The van der Waals surface area contributed by atoms with Crippen LogP contribution in [-0.2, 0) is 0 Å². The average Bonchev–Trinajstić information content (AvgIpc) is 3.03. The molecule has 2 aromatic carbocycles. The van der Waals surface area contributed by atoms with E-state index in [2.05, 4.69) is 11.0 Å². The summed E-state index contributed by atoms with van der Waals surface area (Å²) in [6.45, 7) is 4.98. The summed E-state index contributed by atoms with van der Waals surface area (Å²) in [4.78, 5) is 17.0. The molecule has 1 amide bonds. The smallest absolute Gasteiger partial charge is 0.254 e. The third-order valence-electron chi connectivity index (χ3n) is 5.09. The van der Waals surface area contributed by atoms with E-state index in [0.29, 0.717) is 13.1 Å². The van der Waals surface area contributed by atoms with Gasteiger partial charge in [0, 0.05) is 49.7 Å². The second-order valence-electron chi connectivity index (χ2n) is 7.46. The van der Waals surface area contributed by atoms with Crippen molar-refractivity contribution in [3.63, 3.8) is 0 Å². The Morgan fingerprint density at radius 2 is 1.83 bits per heavy atom. The van der Waals surface area contributed by atoms with E-state index in [4.69, 9.17) is 0 Å². The number of fused-ring (bicyclic) bond motifs is 1. The molecule has 1 fully saturated rings. The summed E-state index contributed by atoms with van der Waals surface area (Å²) >= 11 is 0. The monoisotopic (exact) mass is 326 g/mol. The second kappa shape index (κ2) is 6.10. The zero-order chi connectivity index (χ0) is 17.5. The molecule has 1 saturated heterocycles. The number of nitrogens with zero attached hydrogens (tertiary/aromatic N) is 2. The summed E-state index contributed by atoms with van der Waals surface area (Å²) in [7, 11) is 4.02. The number of benzene rings is 2. The number of aliphatic hydroxyl groups is 1. The van der Waals surface area contributed by atoms with Gasteiger partial charge in [-0.25, -0.2) is 0 Å². The molecular weight excluding hydrogens is 300 g/mol. The maximum Gasteiger partial charge on any atom is 0.254 e. The topological polar surface area (TPSA) is 43.8 Å². The third kappa shape index (κ3) is 2.98. The van der Waals surface area contributed by atoms with Crippen molar-refractivity contribution in [1.29, 1.82) is 0 Å². The fourth-order valence-electron chi connectivity index (χ4n) is 3.55. The lowest BCUT2D eigenvalue weighted by Crippen LogP contribution is -2.35. The zero-order valence-corrected chi connectivity index (χ0v) is 14.9. The lowest BCUT2D eigenvalue weighted by Gasteiger charge is -2.26. The van der Waals surface area contributed by atoms with Gasteiger partial charge in [0.25, 0.3) is 5.91 Å². The molecule has 0 bridgehead atoms. The molecule has 1 heterocycles. The number of hydrogen-bond donors (Lipinski definition) is 1. The molecule has 0 spiro atoms. The highest BCUT2D eigenvalue weighted by Crippen LogP contribution is 2.32. The van der Waals surface area contributed by atoms with E-state index in [0.717, 1.165) is 28.4 Å². The summed E-state index contributed by atoms with van der Waals surface area (Å²) < 4.78 is 0. The SMILES string of the molecule is CN(C)c1ccc(C(=O)N2CCC(C(C)(C)O)C2)c2ccccc12. The van der Waals surface area contributed by atoms with Crippen molar-refractivity contribution in [2.24, 2.45) is 5.92 Å². The molecular formula is C20H26N2O2. The molecule has 0 saturated carbocycles. The Balaban J connectivity index is 1.96. The Morgan fingerprint density at radius 3 is 2.42 bits per heavy atom. The van der Waals surface area contributed by atoms with E-state index < -0.39 is 5.60 Å². The van der Waals surface area contributed by atoms with Crippen LogP contribution in [0.2, 0.25) is 0 Å². The maximum absolute atomic E-state index is 13.0. The van der Waals surface area contributed by atoms with Crippen molar-refractivity contribution >= 4 is 22.4 Å². The van der Waals surface area contributed by atoms with Crippen LogP contribution in [-0.4, -0.2) is 48.7 Å². The van der Waals surface area contributed by atoms with Crippen molar-refractivity contribution in [2.45, 2.75) is 25.9 Å². The summed E-state index contributed by atoms with van der Waals surface area (Å²) in [5, 5.41) is 12.3. The van der Waals surface area contributed by atoms with Crippen LogP contribution in [0.5, 0.6) is 0 Å². The van der Waals surface area contributed by atoms with Crippen LogP contribution in [0.15, 0.2) is 36.4 Å². The van der Waals surface area contributed by atoms with Gasteiger partial charge in [0.05, 0.1) is 5.60 Å². The molecule has 0 aromatic heterocycles. The summed E-state index contributed by atoms with van der Waals surface area (Å²) in [6.07, 6.45) is 0.850. The lowest BCUT2D eigenvalue weighted by molar-refractivity contribution is 0.0211. The van der Waals surface area contributed by atoms with Gasteiger partial charge in [-0.15, -0.1) is 0 Å². The van der Waals surface area contributed by atoms with Crippen molar-refractivity contribution < 1.29 is 9.90 Å². The normalized spacial score (nSPS) is 18.2. The van der Waals surface area contributed by atoms with Crippen LogP contribution >= 0.6 is 0 Å². The van der Waals surface area contributed by atoms with Gasteiger partial charge in [-0.05, 0) is 37.8 Å². The first-order chi connectivity index (χ1) is 11.3. The van der Waals surface area contributed by atoms with Crippen LogP contribution < -0.4 is 4.90 Å². The minimum Gasteiger partial charge on any atom is -0.390 e. The van der Waals surface area contributed by atoms with E-state index in [1.165, 1.54) is 0 Å². The van der Waals surface area contributed by atoms with Crippen LogP contribution in [0.25, 0.3) is 10.8 Å². The molecule has 3 rings (SSSR count). The minimum absolute atomic E-state index is 0.0586. The molecule has 2 aromatic rings. The molecule has 1 aliphatic rings. The first kappa shape index (κ1) is 16.8.